The highest BCUT2D eigenvalue weighted by molar-refractivity contribution is 5.79. The summed E-state index contributed by atoms with van der Waals surface area (Å²) in [6.07, 6.45) is 1.75. The number of nitrogens with zero attached hydrogens (tertiary/aromatic N) is 1. The van der Waals surface area contributed by atoms with Crippen molar-refractivity contribution >= 4 is 5.91 Å². The van der Waals surface area contributed by atoms with Gasteiger partial charge in [0, 0.05) is 12.3 Å². The van der Waals surface area contributed by atoms with Crippen molar-refractivity contribution in [3.05, 3.63) is 23.9 Å². The Balaban J connectivity index is 2.69. The molecular weight excluding hydrogens is 170 g/mol. The molecule has 0 saturated heterocycles. The molecule has 0 aliphatic carbocycles. The third-order valence-corrected chi connectivity index (χ3v) is 1.63. The number of hydrogen-bond donors (Lipinski definition) is 3. The van der Waals surface area contributed by atoms with Crippen LogP contribution in [-0.2, 0) is 11.2 Å². The van der Waals surface area contributed by atoms with Gasteiger partial charge in [0.05, 0.1) is 6.04 Å². The van der Waals surface area contributed by atoms with Gasteiger partial charge in [-0.1, -0.05) is 0 Å². The zero-order valence-corrected chi connectivity index (χ0v) is 6.97. The predicted molar refractivity (Wildman–Crippen MR) is 46.8 cm³/mol. The third kappa shape index (κ3) is 2.72. The van der Waals surface area contributed by atoms with E-state index in [-0.39, 0.29) is 5.88 Å². The fourth-order valence-corrected chi connectivity index (χ4v) is 0.942. The van der Waals surface area contributed by atoms with Crippen LogP contribution >= 0.6 is 0 Å². The first-order valence-corrected chi connectivity index (χ1v) is 3.78. The van der Waals surface area contributed by atoms with Crippen molar-refractivity contribution in [2.75, 3.05) is 0 Å². The number of amides is 1. The highest BCUT2D eigenvalue weighted by Crippen LogP contribution is 2.08. The molecule has 0 aromatic carbocycles. The van der Waals surface area contributed by atoms with Gasteiger partial charge in [0.2, 0.25) is 11.8 Å². The molecule has 0 fully saturated rings. The van der Waals surface area contributed by atoms with E-state index in [1.54, 1.807) is 6.07 Å². The van der Waals surface area contributed by atoms with Crippen molar-refractivity contribution in [2.45, 2.75) is 12.5 Å². The monoisotopic (exact) mass is 181 g/mol. The molecule has 1 aromatic heterocycles. The summed E-state index contributed by atoms with van der Waals surface area (Å²) in [7, 11) is 0. The number of nitrogens with two attached hydrogens (primary N) is 2. The molecule has 0 radical (unpaired) electrons. The third-order valence-electron chi connectivity index (χ3n) is 1.63. The minimum Gasteiger partial charge on any atom is -0.493 e. The first kappa shape index (κ1) is 9.47. The summed E-state index contributed by atoms with van der Waals surface area (Å²) in [4.78, 5) is 14.2. The highest BCUT2D eigenvalue weighted by atomic mass is 16.3. The largest absolute Gasteiger partial charge is 0.493 e. The van der Waals surface area contributed by atoms with Gasteiger partial charge in [0.25, 0.3) is 0 Å². The fraction of sp³-hybridized carbons (Fsp3) is 0.250. The number of rotatable bonds is 3. The maximum atomic E-state index is 10.6. The molecule has 70 valence electrons. The van der Waals surface area contributed by atoms with Crippen LogP contribution in [0.15, 0.2) is 18.3 Å². The van der Waals surface area contributed by atoms with E-state index in [4.69, 9.17) is 16.6 Å². The van der Waals surface area contributed by atoms with E-state index in [2.05, 4.69) is 4.98 Å². The Morgan fingerprint density at radius 1 is 1.69 bits per heavy atom. The molecule has 1 amide bonds. The van der Waals surface area contributed by atoms with Crippen LogP contribution in [0.25, 0.3) is 0 Å². The molecule has 13 heavy (non-hydrogen) atoms. The topological polar surface area (TPSA) is 102 Å². The van der Waals surface area contributed by atoms with E-state index in [1.807, 2.05) is 0 Å². The summed E-state index contributed by atoms with van der Waals surface area (Å²) in [5.41, 5.74) is 11.1. The van der Waals surface area contributed by atoms with Gasteiger partial charge in [-0.15, -0.1) is 0 Å². The van der Waals surface area contributed by atoms with Gasteiger partial charge in [-0.3, -0.25) is 4.79 Å². The lowest BCUT2D eigenvalue weighted by molar-refractivity contribution is -0.119. The van der Waals surface area contributed by atoms with Crippen LogP contribution in [0.3, 0.4) is 0 Å². The minimum atomic E-state index is -0.721. The quantitative estimate of drug-likeness (QED) is 0.564. The number of aromatic nitrogens is 1. The molecule has 5 N–H and O–H groups in total. The van der Waals surface area contributed by atoms with Gasteiger partial charge < -0.3 is 16.6 Å². The SMILES string of the molecule is NC(=O)C(N)Cc1ccnc(O)c1. The Hall–Kier alpha value is -1.62. The van der Waals surface area contributed by atoms with Crippen LogP contribution in [0, 0.1) is 0 Å². The molecule has 1 unspecified atom stereocenters. The van der Waals surface area contributed by atoms with Crippen LogP contribution in [0.2, 0.25) is 0 Å². The minimum absolute atomic E-state index is 0.0887. The average Bonchev–Trinajstić information content (AvgIpc) is 2.04. The zero-order chi connectivity index (χ0) is 9.84. The number of aromatic hydroxyl groups is 1. The Bertz CT molecular complexity index is 314. The second-order valence-corrected chi connectivity index (χ2v) is 2.74. The van der Waals surface area contributed by atoms with Gasteiger partial charge in [0.15, 0.2) is 0 Å². The summed E-state index contributed by atoms with van der Waals surface area (Å²) in [5, 5.41) is 9.00. The van der Waals surface area contributed by atoms with Crippen LogP contribution in [0.4, 0.5) is 0 Å². The number of primary amides is 1. The normalized spacial score (nSPS) is 12.4. The smallest absolute Gasteiger partial charge is 0.234 e. The Morgan fingerprint density at radius 2 is 2.38 bits per heavy atom. The number of carbonyl (C=O) groups excluding carboxylic acids is 1. The second-order valence-electron chi connectivity index (χ2n) is 2.74. The summed E-state index contributed by atoms with van der Waals surface area (Å²) < 4.78 is 0. The number of carbonyl (C=O) groups is 1. The van der Waals surface area contributed by atoms with Crippen LogP contribution < -0.4 is 11.5 Å². The molecule has 0 spiro atoms. The van der Waals surface area contributed by atoms with Gasteiger partial charge in [-0.25, -0.2) is 4.98 Å². The van der Waals surface area contributed by atoms with Crippen molar-refractivity contribution < 1.29 is 9.90 Å². The van der Waals surface area contributed by atoms with E-state index in [0.29, 0.717) is 6.42 Å². The van der Waals surface area contributed by atoms with Crippen molar-refractivity contribution in [1.82, 2.24) is 4.98 Å². The molecule has 0 aliphatic heterocycles. The summed E-state index contributed by atoms with van der Waals surface area (Å²) in [6, 6.07) is 2.40. The van der Waals surface area contributed by atoms with E-state index < -0.39 is 11.9 Å². The summed E-state index contributed by atoms with van der Waals surface area (Å²) in [6.45, 7) is 0. The standard InChI is InChI=1S/C8H11N3O2/c9-6(8(10)13)3-5-1-2-11-7(12)4-5/h1-2,4,6H,3,9H2,(H2,10,13)(H,11,12). The summed E-state index contributed by atoms with van der Waals surface area (Å²) >= 11 is 0. The first-order chi connectivity index (χ1) is 6.09. The fourth-order valence-electron chi connectivity index (χ4n) is 0.942. The molecule has 1 rings (SSSR count). The lowest BCUT2D eigenvalue weighted by Crippen LogP contribution is -2.38. The van der Waals surface area contributed by atoms with Crippen molar-refractivity contribution in [3.63, 3.8) is 0 Å². The predicted octanol–water partition coefficient (Wildman–Crippen LogP) is -0.858. The van der Waals surface area contributed by atoms with Gasteiger partial charge in [-0.2, -0.15) is 0 Å². The number of hydrogen-bond acceptors (Lipinski definition) is 4. The maximum absolute atomic E-state index is 10.6. The second kappa shape index (κ2) is 3.86. The van der Waals surface area contributed by atoms with E-state index in [0.717, 1.165) is 5.56 Å². The lowest BCUT2D eigenvalue weighted by atomic mass is 10.1. The Kier molecular flexibility index (Phi) is 2.81. The van der Waals surface area contributed by atoms with E-state index in [1.165, 1.54) is 12.3 Å². The molecule has 0 aliphatic rings. The maximum Gasteiger partial charge on any atom is 0.234 e. The van der Waals surface area contributed by atoms with Gasteiger partial charge >= 0.3 is 0 Å². The van der Waals surface area contributed by atoms with Crippen LogP contribution in [0.5, 0.6) is 5.88 Å². The molecule has 1 heterocycles. The molecule has 1 aromatic rings. The average molecular weight is 181 g/mol. The molecular formula is C8H11N3O2. The first-order valence-electron chi connectivity index (χ1n) is 3.78. The number of pyridine rings is 1. The highest BCUT2D eigenvalue weighted by Gasteiger charge is 2.09. The Morgan fingerprint density at radius 3 is 2.92 bits per heavy atom. The van der Waals surface area contributed by atoms with E-state index in [9.17, 15) is 4.79 Å². The molecule has 5 heteroatoms. The van der Waals surface area contributed by atoms with Gasteiger partial charge in [-0.05, 0) is 18.1 Å². The zero-order valence-electron chi connectivity index (χ0n) is 6.97. The van der Waals surface area contributed by atoms with Crippen molar-refractivity contribution in [1.29, 1.82) is 0 Å². The summed E-state index contributed by atoms with van der Waals surface area (Å²) in [5.74, 6) is -0.648. The van der Waals surface area contributed by atoms with Crippen molar-refractivity contribution in [2.24, 2.45) is 11.5 Å². The van der Waals surface area contributed by atoms with Crippen LogP contribution in [-0.4, -0.2) is 22.0 Å². The molecule has 0 bridgehead atoms. The molecule has 1 atom stereocenters. The van der Waals surface area contributed by atoms with Gasteiger partial charge in [0.1, 0.15) is 0 Å². The Labute approximate surface area is 75.4 Å². The van der Waals surface area contributed by atoms with Crippen LogP contribution in [0.1, 0.15) is 5.56 Å². The molecule has 5 nitrogen and oxygen atoms in total. The van der Waals surface area contributed by atoms with E-state index >= 15 is 0 Å². The van der Waals surface area contributed by atoms with Crippen molar-refractivity contribution in [3.8, 4) is 5.88 Å². The lowest BCUT2D eigenvalue weighted by Gasteiger charge is -2.06. The molecule has 0 saturated carbocycles.